The number of alkyl halides is 2. The Kier molecular flexibility index (Phi) is 5.45. The van der Waals surface area contributed by atoms with Crippen molar-refractivity contribution in [3.05, 3.63) is 11.3 Å². The third kappa shape index (κ3) is 3.95. The van der Waals surface area contributed by atoms with E-state index < -0.39 is 5.92 Å². The quantitative estimate of drug-likeness (QED) is 0.742. The van der Waals surface area contributed by atoms with Crippen LogP contribution < -0.4 is 15.1 Å². The van der Waals surface area contributed by atoms with E-state index >= 15 is 0 Å². The van der Waals surface area contributed by atoms with E-state index in [-0.39, 0.29) is 36.8 Å². The predicted molar refractivity (Wildman–Crippen MR) is 112 cm³/mol. The van der Waals surface area contributed by atoms with Crippen LogP contribution in [-0.2, 0) is 21.9 Å². The summed E-state index contributed by atoms with van der Waals surface area (Å²) in [5.41, 5.74) is 0.472. The zero-order valence-electron chi connectivity index (χ0n) is 17.9. The van der Waals surface area contributed by atoms with Crippen molar-refractivity contribution in [3.8, 4) is 0 Å². The first-order chi connectivity index (χ1) is 14.9. The fourth-order valence-electron chi connectivity index (χ4n) is 4.71. The van der Waals surface area contributed by atoms with E-state index in [9.17, 15) is 13.6 Å². The van der Waals surface area contributed by atoms with Gasteiger partial charge in [0.25, 0.3) is 5.92 Å². The molecular formula is C21H30F2N6O2. The van der Waals surface area contributed by atoms with Crippen LogP contribution in [0.4, 0.5) is 20.5 Å². The number of piperazine rings is 1. The van der Waals surface area contributed by atoms with E-state index in [1.54, 1.807) is 0 Å². The summed E-state index contributed by atoms with van der Waals surface area (Å²) < 4.78 is 35.2. The topological polar surface area (TPSA) is 73.8 Å². The molecule has 1 aliphatic carbocycles. The SMILES string of the molecule is CC1CCN1c1nc(N2CC(OCC(=O)N3CCNCC3)C2)c2c(n1)C(F)(F)CCC2. The van der Waals surface area contributed by atoms with Crippen LogP contribution in [0.5, 0.6) is 0 Å². The second kappa shape index (κ2) is 8.12. The molecule has 0 radical (unpaired) electrons. The van der Waals surface area contributed by atoms with Crippen molar-refractivity contribution in [2.75, 3.05) is 62.2 Å². The minimum absolute atomic E-state index is 0.00747. The smallest absolute Gasteiger partial charge is 0.290 e. The lowest BCUT2D eigenvalue weighted by Crippen LogP contribution is -2.55. The molecule has 31 heavy (non-hydrogen) atoms. The maximum absolute atomic E-state index is 14.7. The molecule has 0 aromatic carbocycles. The summed E-state index contributed by atoms with van der Waals surface area (Å²) in [7, 11) is 0. The molecule has 1 aromatic rings. The molecule has 0 saturated carbocycles. The number of hydrogen-bond acceptors (Lipinski definition) is 7. The lowest BCUT2D eigenvalue weighted by atomic mass is 9.92. The normalized spacial score (nSPS) is 25.6. The van der Waals surface area contributed by atoms with E-state index in [2.05, 4.69) is 17.2 Å². The number of hydrogen-bond donors (Lipinski definition) is 1. The number of nitrogens with one attached hydrogen (secondary N) is 1. The summed E-state index contributed by atoms with van der Waals surface area (Å²) >= 11 is 0. The monoisotopic (exact) mass is 436 g/mol. The van der Waals surface area contributed by atoms with Crippen LogP contribution in [-0.4, -0.2) is 85.3 Å². The van der Waals surface area contributed by atoms with Crippen molar-refractivity contribution in [3.63, 3.8) is 0 Å². The van der Waals surface area contributed by atoms with Gasteiger partial charge in [0.2, 0.25) is 11.9 Å². The van der Waals surface area contributed by atoms with Gasteiger partial charge in [-0.2, -0.15) is 13.8 Å². The Bertz CT molecular complexity index is 841. The van der Waals surface area contributed by atoms with Crippen LogP contribution in [0.1, 0.15) is 37.4 Å². The highest BCUT2D eigenvalue weighted by molar-refractivity contribution is 5.77. The van der Waals surface area contributed by atoms with Gasteiger partial charge in [0, 0.05) is 63.8 Å². The van der Waals surface area contributed by atoms with Crippen LogP contribution in [0.15, 0.2) is 0 Å². The summed E-state index contributed by atoms with van der Waals surface area (Å²) in [6.07, 6.45) is 1.77. The summed E-state index contributed by atoms with van der Waals surface area (Å²) in [6.45, 7) is 7.06. The van der Waals surface area contributed by atoms with Gasteiger partial charge in [0.15, 0.2) is 0 Å². The van der Waals surface area contributed by atoms with E-state index in [0.29, 0.717) is 56.4 Å². The molecule has 5 rings (SSSR count). The van der Waals surface area contributed by atoms with Gasteiger partial charge in [-0.3, -0.25) is 4.79 Å². The largest absolute Gasteiger partial charge is 0.365 e. The van der Waals surface area contributed by atoms with E-state index in [4.69, 9.17) is 9.72 Å². The Balaban J connectivity index is 1.27. The standard InChI is InChI=1S/C21H30F2N6O2/c1-14-4-8-29(14)20-25-18-16(3-2-5-21(18,22)23)19(26-20)28-11-15(12-28)31-13-17(30)27-9-6-24-7-10-27/h14-15,24H,2-13H2,1H3. The number of anilines is 2. The highest BCUT2D eigenvalue weighted by Gasteiger charge is 2.43. The molecule has 1 amide bonds. The minimum atomic E-state index is -2.91. The van der Waals surface area contributed by atoms with Gasteiger partial charge in [0.05, 0.1) is 6.10 Å². The second-order valence-corrected chi connectivity index (χ2v) is 9.03. The molecule has 1 unspecified atom stereocenters. The summed E-state index contributed by atoms with van der Waals surface area (Å²) in [5.74, 6) is -1.88. The van der Waals surface area contributed by atoms with Crippen molar-refractivity contribution >= 4 is 17.7 Å². The Morgan fingerprint density at radius 2 is 2.00 bits per heavy atom. The molecule has 0 bridgehead atoms. The van der Waals surface area contributed by atoms with Gasteiger partial charge in [-0.25, -0.2) is 4.98 Å². The zero-order valence-corrected chi connectivity index (χ0v) is 17.9. The maximum atomic E-state index is 14.7. The first kappa shape index (κ1) is 20.8. The number of carbonyl (C=O) groups excluding carboxylic acids is 1. The molecule has 0 spiro atoms. The number of halogens is 2. The molecule has 1 N–H and O–H groups in total. The number of nitrogens with zero attached hydrogens (tertiary/aromatic N) is 5. The van der Waals surface area contributed by atoms with Gasteiger partial charge in [-0.05, 0) is 26.2 Å². The molecular weight excluding hydrogens is 406 g/mol. The van der Waals surface area contributed by atoms with Gasteiger partial charge < -0.3 is 24.8 Å². The molecule has 1 aromatic heterocycles. The lowest BCUT2D eigenvalue weighted by Gasteiger charge is -2.43. The molecule has 3 aliphatic heterocycles. The Morgan fingerprint density at radius 3 is 2.68 bits per heavy atom. The zero-order chi connectivity index (χ0) is 21.6. The first-order valence-corrected chi connectivity index (χ1v) is 11.3. The maximum Gasteiger partial charge on any atom is 0.290 e. The van der Waals surface area contributed by atoms with Gasteiger partial charge in [-0.15, -0.1) is 0 Å². The van der Waals surface area contributed by atoms with Gasteiger partial charge in [-0.1, -0.05) is 0 Å². The van der Waals surface area contributed by atoms with Crippen LogP contribution >= 0.6 is 0 Å². The van der Waals surface area contributed by atoms with Crippen molar-refractivity contribution in [1.29, 1.82) is 0 Å². The fraction of sp³-hybridized carbons (Fsp3) is 0.762. The Morgan fingerprint density at radius 1 is 1.23 bits per heavy atom. The number of fused-ring (bicyclic) bond motifs is 1. The average molecular weight is 437 g/mol. The molecule has 8 nitrogen and oxygen atoms in total. The minimum Gasteiger partial charge on any atom is -0.365 e. The van der Waals surface area contributed by atoms with Crippen LogP contribution in [0.2, 0.25) is 0 Å². The Labute approximate surface area is 180 Å². The highest BCUT2D eigenvalue weighted by Crippen LogP contribution is 2.43. The number of amides is 1. The van der Waals surface area contributed by atoms with Crippen LogP contribution in [0.25, 0.3) is 0 Å². The van der Waals surface area contributed by atoms with Crippen molar-refractivity contribution in [2.45, 2.75) is 50.7 Å². The van der Waals surface area contributed by atoms with Crippen molar-refractivity contribution in [1.82, 2.24) is 20.2 Å². The Hall–Kier alpha value is -2.07. The molecule has 4 aliphatic rings. The molecule has 4 heterocycles. The molecule has 3 saturated heterocycles. The lowest BCUT2D eigenvalue weighted by molar-refractivity contribution is -0.139. The van der Waals surface area contributed by atoms with Crippen LogP contribution in [0, 0.1) is 0 Å². The van der Waals surface area contributed by atoms with E-state index in [1.165, 1.54) is 0 Å². The van der Waals surface area contributed by atoms with E-state index in [0.717, 1.165) is 26.1 Å². The van der Waals surface area contributed by atoms with Gasteiger partial charge in [0.1, 0.15) is 18.1 Å². The molecule has 1 atom stereocenters. The molecule has 3 fully saturated rings. The first-order valence-electron chi connectivity index (χ1n) is 11.3. The van der Waals surface area contributed by atoms with Crippen LogP contribution in [0.3, 0.4) is 0 Å². The predicted octanol–water partition coefficient (Wildman–Crippen LogP) is 1.14. The second-order valence-electron chi connectivity index (χ2n) is 9.03. The third-order valence-corrected chi connectivity index (χ3v) is 6.87. The van der Waals surface area contributed by atoms with Gasteiger partial charge >= 0.3 is 0 Å². The average Bonchev–Trinajstić information content (AvgIpc) is 2.72. The fourth-order valence-corrected chi connectivity index (χ4v) is 4.71. The third-order valence-electron chi connectivity index (χ3n) is 6.87. The summed E-state index contributed by atoms with van der Waals surface area (Å²) in [4.78, 5) is 27.1. The number of carbonyl (C=O) groups is 1. The summed E-state index contributed by atoms with van der Waals surface area (Å²) in [6, 6.07) is 0.270. The number of rotatable bonds is 5. The number of aromatic nitrogens is 2. The van der Waals surface area contributed by atoms with E-state index in [1.807, 2.05) is 14.7 Å². The molecule has 170 valence electrons. The summed E-state index contributed by atoms with van der Waals surface area (Å²) in [5, 5.41) is 3.22. The molecule has 10 heteroatoms. The van der Waals surface area contributed by atoms with Crippen molar-refractivity contribution < 1.29 is 18.3 Å². The van der Waals surface area contributed by atoms with Crippen molar-refractivity contribution in [2.24, 2.45) is 0 Å². The highest BCUT2D eigenvalue weighted by atomic mass is 19.3. The number of ether oxygens (including phenoxy) is 1.